The van der Waals surface area contributed by atoms with Gasteiger partial charge in [-0.15, -0.1) is 0 Å². The van der Waals surface area contributed by atoms with Gasteiger partial charge >= 0.3 is 0 Å². The molecule has 24 heavy (non-hydrogen) atoms. The fraction of sp³-hybridized carbons (Fsp3) is 0.250. The van der Waals surface area contributed by atoms with Crippen LogP contribution < -0.4 is 0 Å². The summed E-state index contributed by atoms with van der Waals surface area (Å²) in [4.78, 5) is 15.8. The topological polar surface area (TPSA) is 41.4 Å². The fourth-order valence-electron chi connectivity index (χ4n) is 2.69. The maximum atomic E-state index is 4.57. The summed E-state index contributed by atoms with van der Waals surface area (Å²) in [5, 5.41) is 0. The van der Waals surface area contributed by atoms with Gasteiger partial charge in [0, 0.05) is 38.2 Å². The number of aliphatic imine (C=N–C) groups is 1. The molecule has 4 heteroatoms. The van der Waals surface area contributed by atoms with Crippen molar-refractivity contribution < 1.29 is 0 Å². The van der Waals surface area contributed by atoms with Crippen molar-refractivity contribution in [1.29, 1.82) is 0 Å². The van der Waals surface area contributed by atoms with Gasteiger partial charge in [0.1, 0.15) is 0 Å². The van der Waals surface area contributed by atoms with Crippen molar-refractivity contribution in [2.75, 3.05) is 6.54 Å². The van der Waals surface area contributed by atoms with Crippen LogP contribution in [-0.2, 0) is 13.1 Å². The van der Waals surface area contributed by atoms with Gasteiger partial charge < -0.3 is 0 Å². The molecule has 0 atom stereocenters. The number of aromatic nitrogens is 2. The van der Waals surface area contributed by atoms with Crippen LogP contribution in [-0.4, -0.2) is 27.1 Å². The van der Waals surface area contributed by atoms with E-state index in [-0.39, 0.29) is 0 Å². The Morgan fingerprint density at radius 3 is 2.17 bits per heavy atom. The van der Waals surface area contributed by atoms with Gasteiger partial charge in [-0.25, -0.2) is 0 Å². The highest BCUT2D eigenvalue weighted by atomic mass is 15.1. The van der Waals surface area contributed by atoms with Gasteiger partial charge in [-0.1, -0.05) is 23.8 Å². The van der Waals surface area contributed by atoms with Crippen LogP contribution in [0.5, 0.6) is 0 Å². The first-order valence-electron chi connectivity index (χ1n) is 8.20. The van der Waals surface area contributed by atoms with Gasteiger partial charge in [0.2, 0.25) is 0 Å². The summed E-state index contributed by atoms with van der Waals surface area (Å²) in [6.45, 7) is 4.46. The number of hydrogen-bond acceptors (Lipinski definition) is 4. The van der Waals surface area contributed by atoms with E-state index < -0.39 is 0 Å². The van der Waals surface area contributed by atoms with Gasteiger partial charge in [0.25, 0.3) is 0 Å². The number of nitrogens with zero attached hydrogens (tertiary/aromatic N) is 4. The number of allylic oxidation sites excluding steroid dienone is 2. The summed E-state index contributed by atoms with van der Waals surface area (Å²) in [5.74, 6) is 0. The Labute approximate surface area is 143 Å². The molecule has 0 fully saturated rings. The monoisotopic (exact) mass is 318 g/mol. The van der Waals surface area contributed by atoms with Gasteiger partial charge in [0.05, 0.1) is 17.1 Å². The second kappa shape index (κ2) is 8.31. The van der Waals surface area contributed by atoms with Crippen molar-refractivity contribution in [2.45, 2.75) is 26.4 Å². The van der Waals surface area contributed by atoms with E-state index in [0.29, 0.717) is 0 Å². The lowest BCUT2D eigenvalue weighted by atomic mass is 10.1. The van der Waals surface area contributed by atoms with Crippen LogP contribution >= 0.6 is 0 Å². The van der Waals surface area contributed by atoms with Crippen molar-refractivity contribution in [3.05, 3.63) is 84.1 Å². The molecule has 3 heterocycles. The van der Waals surface area contributed by atoms with E-state index in [9.17, 15) is 0 Å². The average molecular weight is 318 g/mol. The van der Waals surface area contributed by atoms with Gasteiger partial charge in [-0.3, -0.25) is 19.9 Å². The second-order valence-electron chi connectivity index (χ2n) is 5.99. The van der Waals surface area contributed by atoms with E-state index >= 15 is 0 Å². The fourth-order valence-corrected chi connectivity index (χ4v) is 2.69. The largest absolute Gasteiger partial charge is 0.286 e. The molecule has 1 aliphatic rings. The van der Waals surface area contributed by atoms with E-state index in [1.807, 2.05) is 42.9 Å². The zero-order chi connectivity index (χ0) is 16.6. The highest BCUT2D eigenvalue weighted by Crippen LogP contribution is 2.11. The lowest BCUT2D eigenvalue weighted by molar-refractivity contribution is 0.288. The van der Waals surface area contributed by atoms with Crippen LogP contribution in [0.4, 0.5) is 0 Å². The number of rotatable bonds is 6. The van der Waals surface area contributed by atoms with Gasteiger partial charge in [-0.2, -0.15) is 0 Å². The van der Waals surface area contributed by atoms with Crippen molar-refractivity contribution in [3.63, 3.8) is 0 Å². The molecule has 0 aliphatic carbocycles. The van der Waals surface area contributed by atoms with Crippen LogP contribution in [0.2, 0.25) is 0 Å². The van der Waals surface area contributed by atoms with E-state index in [2.05, 4.69) is 51.1 Å². The van der Waals surface area contributed by atoms with E-state index in [4.69, 9.17) is 0 Å². The van der Waals surface area contributed by atoms with Crippen LogP contribution in [0, 0.1) is 0 Å². The third-order valence-electron chi connectivity index (χ3n) is 3.81. The minimum absolute atomic E-state index is 0.771. The van der Waals surface area contributed by atoms with Gasteiger partial charge in [-0.05, 0) is 43.7 Å². The first-order valence-corrected chi connectivity index (χ1v) is 8.20. The Morgan fingerprint density at radius 1 is 0.917 bits per heavy atom. The van der Waals surface area contributed by atoms with Crippen LogP contribution in [0.1, 0.15) is 24.7 Å². The summed E-state index contributed by atoms with van der Waals surface area (Å²) in [6.07, 6.45) is 10.8. The average Bonchev–Trinajstić information content (AvgIpc) is 2.80. The summed E-state index contributed by atoms with van der Waals surface area (Å²) in [6, 6.07) is 12.1. The summed E-state index contributed by atoms with van der Waals surface area (Å²) >= 11 is 0. The first kappa shape index (κ1) is 16.3. The van der Waals surface area contributed by atoms with Crippen LogP contribution in [0.25, 0.3) is 0 Å². The lowest BCUT2D eigenvalue weighted by Gasteiger charge is -2.21. The predicted molar refractivity (Wildman–Crippen MR) is 97.5 cm³/mol. The van der Waals surface area contributed by atoms with Crippen LogP contribution in [0.3, 0.4) is 0 Å². The molecule has 0 saturated heterocycles. The molecule has 0 spiro atoms. The Bertz CT molecular complexity index is 691. The van der Waals surface area contributed by atoms with Crippen molar-refractivity contribution in [1.82, 2.24) is 14.9 Å². The molecule has 0 radical (unpaired) electrons. The molecule has 122 valence electrons. The molecule has 2 aromatic rings. The zero-order valence-electron chi connectivity index (χ0n) is 14.0. The molecule has 0 unspecified atom stereocenters. The molecule has 4 nitrogen and oxygen atoms in total. The second-order valence-corrected chi connectivity index (χ2v) is 5.99. The number of pyridine rings is 2. The molecule has 3 rings (SSSR count). The Kier molecular flexibility index (Phi) is 5.64. The minimum Gasteiger partial charge on any atom is -0.286 e. The summed E-state index contributed by atoms with van der Waals surface area (Å²) in [5.41, 5.74) is 4.52. The molecule has 2 aromatic heterocycles. The molecule has 0 aromatic carbocycles. The summed E-state index contributed by atoms with van der Waals surface area (Å²) in [7, 11) is 0. The predicted octanol–water partition coefficient (Wildman–Crippen LogP) is 3.78. The first-order chi connectivity index (χ1) is 11.8. The zero-order valence-corrected chi connectivity index (χ0v) is 14.0. The Morgan fingerprint density at radius 2 is 1.58 bits per heavy atom. The molecule has 0 N–H and O–H groups in total. The van der Waals surface area contributed by atoms with Crippen molar-refractivity contribution in [2.24, 2.45) is 4.99 Å². The Balaban J connectivity index is 1.77. The van der Waals surface area contributed by atoms with Crippen LogP contribution in [0.15, 0.2) is 77.7 Å². The minimum atomic E-state index is 0.771. The molecule has 0 bridgehead atoms. The smallest absolute Gasteiger partial charge is 0.0544 e. The lowest BCUT2D eigenvalue weighted by Crippen LogP contribution is -2.29. The third kappa shape index (κ3) is 4.96. The molecule has 0 saturated carbocycles. The highest BCUT2D eigenvalue weighted by Gasteiger charge is 2.12. The molecular weight excluding hydrogens is 296 g/mol. The van der Waals surface area contributed by atoms with Crippen molar-refractivity contribution >= 4 is 5.71 Å². The standard InChI is InChI=1S/C20H22N4/c1-17-7-6-12-23-20(13-17)16-24(14-18-8-2-4-10-21-18)15-19-9-3-5-11-22-19/h2-6,8-13H,7,14-16H2,1H3. The SMILES string of the molecule is CC1=CC(CN(Cc2ccccn2)Cc2ccccn2)=NC=CC1. The molecule has 0 amide bonds. The molecular formula is C20H22N4. The third-order valence-corrected chi connectivity index (χ3v) is 3.81. The quantitative estimate of drug-likeness (QED) is 0.814. The van der Waals surface area contributed by atoms with E-state index in [0.717, 1.165) is 43.2 Å². The van der Waals surface area contributed by atoms with Crippen molar-refractivity contribution in [3.8, 4) is 0 Å². The van der Waals surface area contributed by atoms with Gasteiger partial charge in [0.15, 0.2) is 0 Å². The molecule has 1 aliphatic heterocycles. The normalized spacial score (nSPS) is 14.2. The summed E-state index contributed by atoms with van der Waals surface area (Å²) < 4.78 is 0. The van der Waals surface area contributed by atoms with E-state index in [1.165, 1.54) is 5.57 Å². The number of hydrogen-bond donors (Lipinski definition) is 0. The maximum Gasteiger partial charge on any atom is 0.0544 e. The van der Waals surface area contributed by atoms with E-state index in [1.54, 1.807) is 0 Å². The Hall–Kier alpha value is -2.59. The maximum absolute atomic E-state index is 4.57. The highest BCUT2D eigenvalue weighted by molar-refractivity contribution is 5.97.